The van der Waals surface area contributed by atoms with Gasteiger partial charge in [-0.2, -0.15) is 0 Å². The molecule has 0 radical (unpaired) electrons. The molecule has 0 fully saturated rings. The number of hydrogen-bond donors (Lipinski definition) is 1. The predicted octanol–water partition coefficient (Wildman–Crippen LogP) is 1.35. The fourth-order valence-corrected chi connectivity index (χ4v) is 0.914. The summed E-state index contributed by atoms with van der Waals surface area (Å²) in [4.78, 5) is 21.9. The molecule has 1 N–H and O–H groups in total. The first-order valence-electron chi connectivity index (χ1n) is 4.36. The molecule has 0 spiro atoms. The van der Waals surface area contributed by atoms with Gasteiger partial charge in [-0.25, -0.2) is 4.79 Å². The third-order valence-electron chi connectivity index (χ3n) is 1.57. The molecule has 0 aliphatic rings. The highest BCUT2D eigenvalue weighted by atomic mass is 16.5. The molecule has 0 heterocycles. The monoisotopic (exact) mass is 205 g/mol. The molecule has 1 rings (SSSR count). The lowest BCUT2D eigenvalue weighted by atomic mass is 10.3. The van der Waals surface area contributed by atoms with Gasteiger partial charge in [-0.15, -0.1) is 0 Å². The van der Waals surface area contributed by atoms with Crippen LogP contribution in [0.3, 0.4) is 0 Å². The van der Waals surface area contributed by atoms with Crippen LogP contribution in [0.2, 0.25) is 0 Å². The van der Waals surface area contributed by atoms with Crippen molar-refractivity contribution in [2.24, 2.45) is 0 Å². The van der Waals surface area contributed by atoms with Crippen LogP contribution in [-0.4, -0.2) is 18.5 Å². The number of benzene rings is 1. The molecule has 0 atom stereocenters. The molecule has 1 amide bonds. The van der Waals surface area contributed by atoms with Crippen molar-refractivity contribution < 1.29 is 14.3 Å². The van der Waals surface area contributed by atoms with E-state index in [4.69, 9.17) is 0 Å². The van der Waals surface area contributed by atoms with Gasteiger partial charge in [0.15, 0.2) is 6.61 Å². The molecule has 1 aromatic rings. The second-order valence-corrected chi connectivity index (χ2v) is 2.73. The van der Waals surface area contributed by atoms with Gasteiger partial charge in [0, 0.05) is 11.8 Å². The van der Waals surface area contributed by atoms with Crippen LogP contribution < -0.4 is 5.32 Å². The first-order valence-corrected chi connectivity index (χ1v) is 4.36. The number of hydrogen-bond acceptors (Lipinski definition) is 3. The van der Waals surface area contributed by atoms with E-state index in [2.05, 4.69) is 16.6 Å². The van der Waals surface area contributed by atoms with Crippen LogP contribution in [0.4, 0.5) is 5.69 Å². The maximum Gasteiger partial charge on any atom is 0.330 e. The number of anilines is 1. The molecule has 1 aromatic carbocycles. The van der Waals surface area contributed by atoms with Crippen molar-refractivity contribution in [1.82, 2.24) is 0 Å². The number of esters is 1. The first-order chi connectivity index (χ1) is 7.22. The third-order valence-corrected chi connectivity index (χ3v) is 1.57. The quantitative estimate of drug-likeness (QED) is 0.596. The van der Waals surface area contributed by atoms with E-state index < -0.39 is 5.97 Å². The maximum absolute atomic E-state index is 11.2. The topological polar surface area (TPSA) is 55.4 Å². The number of ether oxygens (including phenoxy) is 1. The van der Waals surface area contributed by atoms with Gasteiger partial charge in [-0.3, -0.25) is 4.79 Å². The molecule has 0 saturated heterocycles. The zero-order valence-corrected chi connectivity index (χ0v) is 8.10. The Morgan fingerprint density at radius 1 is 1.33 bits per heavy atom. The lowest BCUT2D eigenvalue weighted by Crippen LogP contribution is -2.19. The summed E-state index contributed by atoms with van der Waals surface area (Å²) >= 11 is 0. The van der Waals surface area contributed by atoms with Crippen LogP contribution in [0, 0.1) is 0 Å². The molecule has 0 bridgehead atoms. The van der Waals surface area contributed by atoms with Gasteiger partial charge in [-0.1, -0.05) is 24.8 Å². The Morgan fingerprint density at radius 3 is 2.60 bits per heavy atom. The van der Waals surface area contributed by atoms with Crippen molar-refractivity contribution in [2.75, 3.05) is 11.9 Å². The largest absolute Gasteiger partial charge is 0.452 e. The van der Waals surface area contributed by atoms with E-state index in [9.17, 15) is 9.59 Å². The molecule has 4 heteroatoms. The van der Waals surface area contributed by atoms with E-state index in [0.717, 1.165) is 6.08 Å². The summed E-state index contributed by atoms with van der Waals surface area (Å²) in [5.41, 5.74) is 0.664. The molecule has 0 aromatic heterocycles. The van der Waals surface area contributed by atoms with Crippen LogP contribution in [-0.2, 0) is 14.3 Å². The van der Waals surface area contributed by atoms with E-state index >= 15 is 0 Å². The highest BCUT2D eigenvalue weighted by molar-refractivity contribution is 5.93. The van der Waals surface area contributed by atoms with Gasteiger partial charge in [0.25, 0.3) is 5.91 Å². The number of nitrogens with one attached hydrogen (secondary N) is 1. The summed E-state index contributed by atoms with van der Waals surface area (Å²) in [6.07, 6.45) is 1.01. The smallest absolute Gasteiger partial charge is 0.330 e. The number of para-hydroxylation sites is 1. The molecule has 0 unspecified atom stereocenters. The molecular weight excluding hydrogens is 194 g/mol. The highest BCUT2D eigenvalue weighted by Crippen LogP contribution is 2.04. The average molecular weight is 205 g/mol. The Labute approximate surface area is 87.6 Å². The second kappa shape index (κ2) is 5.59. The van der Waals surface area contributed by atoms with Gasteiger partial charge in [0.05, 0.1) is 0 Å². The fourth-order valence-electron chi connectivity index (χ4n) is 0.914. The van der Waals surface area contributed by atoms with Crippen molar-refractivity contribution >= 4 is 17.6 Å². The predicted molar refractivity (Wildman–Crippen MR) is 56.2 cm³/mol. The van der Waals surface area contributed by atoms with E-state index in [1.54, 1.807) is 24.3 Å². The van der Waals surface area contributed by atoms with E-state index in [1.807, 2.05) is 6.07 Å². The first kappa shape index (κ1) is 11.0. The number of amides is 1. The molecular formula is C11H11NO3. The van der Waals surface area contributed by atoms with Crippen molar-refractivity contribution in [3.05, 3.63) is 43.0 Å². The standard InChI is InChI=1S/C11H11NO3/c1-2-11(14)15-8-10(13)12-9-6-4-3-5-7-9/h2-7H,1,8H2,(H,12,13). The molecule has 15 heavy (non-hydrogen) atoms. The van der Waals surface area contributed by atoms with Crippen LogP contribution in [0.5, 0.6) is 0 Å². The second-order valence-electron chi connectivity index (χ2n) is 2.73. The number of carbonyl (C=O) groups is 2. The third kappa shape index (κ3) is 4.08. The SMILES string of the molecule is C=CC(=O)OCC(=O)Nc1ccccc1. The Kier molecular flexibility index (Phi) is 4.09. The van der Waals surface area contributed by atoms with Crippen LogP contribution in [0.25, 0.3) is 0 Å². The molecule has 78 valence electrons. The number of carbonyl (C=O) groups excluding carboxylic acids is 2. The van der Waals surface area contributed by atoms with Crippen molar-refractivity contribution in [1.29, 1.82) is 0 Å². The van der Waals surface area contributed by atoms with Crippen molar-refractivity contribution in [3.8, 4) is 0 Å². The minimum atomic E-state index is -0.613. The van der Waals surface area contributed by atoms with Gasteiger partial charge in [-0.05, 0) is 12.1 Å². The Balaban J connectivity index is 2.37. The average Bonchev–Trinajstić information content (AvgIpc) is 2.27. The Bertz CT molecular complexity index is 359. The molecule has 0 aliphatic heterocycles. The van der Waals surface area contributed by atoms with Gasteiger partial charge in [0.2, 0.25) is 0 Å². The normalized spacial score (nSPS) is 9.07. The molecule has 0 aliphatic carbocycles. The Morgan fingerprint density at radius 2 is 2.00 bits per heavy atom. The molecule has 4 nitrogen and oxygen atoms in total. The van der Waals surface area contributed by atoms with Crippen molar-refractivity contribution in [2.45, 2.75) is 0 Å². The van der Waals surface area contributed by atoms with E-state index in [0.29, 0.717) is 5.69 Å². The lowest BCUT2D eigenvalue weighted by Gasteiger charge is -2.04. The van der Waals surface area contributed by atoms with E-state index in [1.165, 1.54) is 0 Å². The van der Waals surface area contributed by atoms with Gasteiger partial charge in [0.1, 0.15) is 0 Å². The minimum Gasteiger partial charge on any atom is -0.452 e. The van der Waals surface area contributed by atoms with Gasteiger partial charge >= 0.3 is 5.97 Å². The summed E-state index contributed by atoms with van der Waals surface area (Å²) in [7, 11) is 0. The molecule has 0 saturated carbocycles. The van der Waals surface area contributed by atoms with Crippen LogP contribution in [0.1, 0.15) is 0 Å². The zero-order chi connectivity index (χ0) is 11.1. The summed E-state index contributed by atoms with van der Waals surface area (Å²) in [5, 5.41) is 2.57. The summed E-state index contributed by atoms with van der Waals surface area (Å²) in [6.45, 7) is 2.91. The summed E-state index contributed by atoms with van der Waals surface area (Å²) in [5.74, 6) is -0.991. The van der Waals surface area contributed by atoms with Crippen LogP contribution in [0.15, 0.2) is 43.0 Å². The summed E-state index contributed by atoms with van der Waals surface area (Å²) in [6, 6.07) is 8.92. The fraction of sp³-hybridized carbons (Fsp3) is 0.0909. The number of rotatable bonds is 4. The zero-order valence-electron chi connectivity index (χ0n) is 8.10. The highest BCUT2D eigenvalue weighted by Gasteiger charge is 2.04. The van der Waals surface area contributed by atoms with E-state index in [-0.39, 0.29) is 12.5 Å². The Hall–Kier alpha value is -2.10. The maximum atomic E-state index is 11.2. The van der Waals surface area contributed by atoms with Gasteiger partial charge < -0.3 is 10.1 Å². The minimum absolute atomic E-state index is 0.306. The van der Waals surface area contributed by atoms with Crippen molar-refractivity contribution in [3.63, 3.8) is 0 Å². The lowest BCUT2D eigenvalue weighted by molar-refractivity contribution is -0.142. The van der Waals surface area contributed by atoms with Crippen LogP contribution >= 0.6 is 0 Å². The summed E-state index contributed by atoms with van der Waals surface area (Å²) < 4.78 is 4.56.